The van der Waals surface area contributed by atoms with Gasteiger partial charge in [-0.25, -0.2) is 4.79 Å². The van der Waals surface area contributed by atoms with E-state index in [1.54, 1.807) is 0 Å². The lowest BCUT2D eigenvalue weighted by Crippen LogP contribution is -2.13. The van der Waals surface area contributed by atoms with Crippen molar-refractivity contribution in [3.05, 3.63) is 35.5 Å². The van der Waals surface area contributed by atoms with E-state index < -0.39 is 23.8 Å². The summed E-state index contributed by atoms with van der Waals surface area (Å²) in [4.78, 5) is 13.7. The fourth-order valence-corrected chi connectivity index (χ4v) is 1.71. The molecule has 0 saturated heterocycles. The first kappa shape index (κ1) is 13.4. The summed E-state index contributed by atoms with van der Waals surface area (Å²) in [7, 11) is 1.11. The number of alkyl halides is 3. The molecule has 102 valence electrons. The molecule has 0 radical (unpaired) electrons. The normalized spacial score (nSPS) is 13.5. The molecule has 7 heteroatoms. The van der Waals surface area contributed by atoms with Gasteiger partial charge in [0.25, 0.3) is 0 Å². The lowest BCUT2D eigenvalue weighted by molar-refractivity contribution is -0.150. The van der Waals surface area contributed by atoms with Crippen molar-refractivity contribution in [1.82, 2.24) is 4.98 Å². The van der Waals surface area contributed by atoms with Gasteiger partial charge in [0, 0.05) is 5.52 Å². The van der Waals surface area contributed by atoms with Crippen molar-refractivity contribution < 1.29 is 27.8 Å². The Morgan fingerprint density at radius 2 is 2.05 bits per heavy atom. The van der Waals surface area contributed by atoms with Gasteiger partial charge in [-0.2, -0.15) is 13.2 Å². The number of benzene rings is 1. The van der Waals surface area contributed by atoms with Crippen LogP contribution in [0, 0.1) is 0 Å². The van der Waals surface area contributed by atoms with Crippen LogP contribution in [0.4, 0.5) is 13.2 Å². The zero-order valence-corrected chi connectivity index (χ0v) is 9.78. The van der Waals surface area contributed by atoms with E-state index in [0.29, 0.717) is 5.39 Å². The largest absolute Gasteiger partial charge is 0.467 e. The van der Waals surface area contributed by atoms with Gasteiger partial charge in [-0.05, 0) is 23.6 Å². The number of rotatable bonds is 2. The van der Waals surface area contributed by atoms with Crippen molar-refractivity contribution in [2.45, 2.75) is 12.3 Å². The standard InChI is InChI=1S/C12H10F3NO3/c1-19-11(18)10(17)9-4-6-2-3-7(12(13,14)15)5-8(6)16-9/h2-5,10,16-17H,1H3. The highest BCUT2D eigenvalue weighted by Crippen LogP contribution is 2.32. The molecule has 0 aliphatic rings. The molecule has 0 fully saturated rings. The Bertz CT molecular complexity index is 618. The Hall–Kier alpha value is -2.02. The van der Waals surface area contributed by atoms with Crippen LogP contribution in [0.1, 0.15) is 17.4 Å². The number of aromatic amines is 1. The van der Waals surface area contributed by atoms with Gasteiger partial charge < -0.3 is 14.8 Å². The molecule has 1 unspecified atom stereocenters. The summed E-state index contributed by atoms with van der Waals surface area (Å²) in [5.41, 5.74) is -0.532. The van der Waals surface area contributed by atoms with E-state index in [0.717, 1.165) is 19.2 Å². The lowest BCUT2D eigenvalue weighted by atomic mass is 10.1. The monoisotopic (exact) mass is 273 g/mol. The molecule has 19 heavy (non-hydrogen) atoms. The number of halogens is 3. The number of nitrogens with one attached hydrogen (secondary N) is 1. The van der Waals surface area contributed by atoms with Crippen LogP contribution in [0.2, 0.25) is 0 Å². The Kier molecular flexibility index (Phi) is 3.23. The first-order valence-corrected chi connectivity index (χ1v) is 5.28. The van der Waals surface area contributed by atoms with Crippen LogP contribution in [0.25, 0.3) is 10.9 Å². The molecular weight excluding hydrogens is 263 g/mol. The van der Waals surface area contributed by atoms with Crippen LogP contribution in [-0.2, 0) is 15.7 Å². The highest BCUT2D eigenvalue weighted by molar-refractivity contribution is 5.84. The van der Waals surface area contributed by atoms with Crippen molar-refractivity contribution in [1.29, 1.82) is 0 Å². The number of carbonyl (C=O) groups is 1. The van der Waals surface area contributed by atoms with Crippen molar-refractivity contribution in [2.24, 2.45) is 0 Å². The first-order chi connectivity index (χ1) is 8.82. The van der Waals surface area contributed by atoms with E-state index in [9.17, 15) is 23.1 Å². The fraction of sp³-hybridized carbons (Fsp3) is 0.250. The second-order valence-corrected chi connectivity index (χ2v) is 3.95. The van der Waals surface area contributed by atoms with Crippen LogP contribution in [0.15, 0.2) is 24.3 Å². The number of hydrogen-bond acceptors (Lipinski definition) is 3. The van der Waals surface area contributed by atoms with E-state index in [4.69, 9.17) is 0 Å². The zero-order valence-electron chi connectivity index (χ0n) is 9.78. The average Bonchev–Trinajstić information content (AvgIpc) is 2.78. The third-order valence-corrected chi connectivity index (χ3v) is 2.69. The van der Waals surface area contributed by atoms with Crippen LogP contribution >= 0.6 is 0 Å². The lowest BCUT2D eigenvalue weighted by Gasteiger charge is -2.06. The Morgan fingerprint density at radius 1 is 1.37 bits per heavy atom. The molecule has 1 heterocycles. The predicted molar refractivity (Wildman–Crippen MR) is 60.3 cm³/mol. The maximum atomic E-state index is 12.5. The Balaban J connectivity index is 2.44. The van der Waals surface area contributed by atoms with Gasteiger partial charge in [0.2, 0.25) is 0 Å². The highest BCUT2D eigenvalue weighted by atomic mass is 19.4. The average molecular weight is 273 g/mol. The fourth-order valence-electron chi connectivity index (χ4n) is 1.71. The highest BCUT2D eigenvalue weighted by Gasteiger charge is 2.30. The van der Waals surface area contributed by atoms with E-state index in [-0.39, 0.29) is 11.2 Å². The summed E-state index contributed by atoms with van der Waals surface area (Å²) in [6, 6.07) is 4.52. The molecule has 0 saturated carbocycles. The number of aliphatic hydroxyl groups is 1. The maximum Gasteiger partial charge on any atom is 0.416 e. The van der Waals surface area contributed by atoms with E-state index in [1.165, 1.54) is 12.1 Å². The van der Waals surface area contributed by atoms with Gasteiger partial charge >= 0.3 is 12.1 Å². The minimum atomic E-state index is -4.44. The SMILES string of the molecule is COC(=O)C(O)c1cc2ccc(C(F)(F)F)cc2[nH]1. The third-order valence-electron chi connectivity index (χ3n) is 2.69. The molecule has 0 aliphatic carbocycles. The number of carbonyl (C=O) groups excluding carboxylic acids is 1. The molecule has 2 rings (SSSR count). The third kappa shape index (κ3) is 2.55. The van der Waals surface area contributed by atoms with E-state index >= 15 is 0 Å². The topological polar surface area (TPSA) is 62.3 Å². The predicted octanol–water partition coefficient (Wildman–Crippen LogP) is 2.39. The quantitative estimate of drug-likeness (QED) is 0.826. The van der Waals surface area contributed by atoms with Crippen LogP contribution in [0.3, 0.4) is 0 Å². The van der Waals surface area contributed by atoms with Crippen molar-refractivity contribution in [2.75, 3.05) is 7.11 Å². The smallest absolute Gasteiger partial charge is 0.416 e. The van der Waals surface area contributed by atoms with Gasteiger partial charge in [-0.1, -0.05) is 6.07 Å². The molecule has 0 aliphatic heterocycles. The molecule has 0 spiro atoms. The first-order valence-electron chi connectivity index (χ1n) is 5.28. The molecule has 0 bridgehead atoms. The summed E-state index contributed by atoms with van der Waals surface area (Å²) in [6.07, 6.45) is -5.99. The molecule has 1 aromatic carbocycles. The number of aliphatic hydroxyl groups excluding tert-OH is 1. The summed E-state index contributed by atoms with van der Waals surface area (Å²) < 4.78 is 41.9. The summed E-state index contributed by atoms with van der Waals surface area (Å²) >= 11 is 0. The molecule has 1 aromatic heterocycles. The molecule has 1 atom stereocenters. The second kappa shape index (κ2) is 4.58. The van der Waals surface area contributed by atoms with Gasteiger partial charge in [-0.3, -0.25) is 0 Å². The van der Waals surface area contributed by atoms with E-state index in [2.05, 4.69) is 9.72 Å². The van der Waals surface area contributed by atoms with Crippen molar-refractivity contribution in [3.8, 4) is 0 Å². The number of esters is 1. The summed E-state index contributed by atoms with van der Waals surface area (Å²) in [6.45, 7) is 0. The molecular formula is C12H10F3NO3. The van der Waals surface area contributed by atoms with Crippen LogP contribution in [-0.4, -0.2) is 23.2 Å². The van der Waals surface area contributed by atoms with Crippen molar-refractivity contribution in [3.63, 3.8) is 0 Å². The van der Waals surface area contributed by atoms with Gasteiger partial charge in [0.1, 0.15) is 0 Å². The number of H-pyrrole nitrogens is 1. The van der Waals surface area contributed by atoms with Crippen LogP contribution in [0.5, 0.6) is 0 Å². The van der Waals surface area contributed by atoms with Crippen molar-refractivity contribution >= 4 is 16.9 Å². The number of aromatic nitrogens is 1. The Labute approximate surface area is 105 Å². The maximum absolute atomic E-state index is 12.5. The summed E-state index contributed by atoms with van der Waals surface area (Å²) in [5.74, 6) is -0.886. The van der Waals surface area contributed by atoms with E-state index in [1.807, 2.05) is 0 Å². The number of ether oxygens (including phenoxy) is 1. The van der Waals surface area contributed by atoms with Gasteiger partial charge in [-0.15, -0.1) is 0 Å². The number of hydrogen-bond donors (Lipinski definition) is 2. The summed E-state index contributed by atoms with van der Waals surface area (Å²) in [5, 5.41) is 10.1. The number of methoxy groups -OCH3 is 1. The molecule has 2 aromatic rings. The minimum Gasteiger partial charge on any atom is -0.467 e. The molecule has 4 nitrogen and oxygen atoms in total. The van der Waals surface area contributed by atoms with Crippen LogP contribution < -0.4 is 0 Å². The zero-order chi connectivity index (χ0) is 14.2. The second-order valence-electron chi connectivity index (χ2n) is 3.95. The minimum absolute atomic E-state index is 0.0844. The van der Waals surface area contributed by atoms with Gasteiger partial charge in [0.15, 0.2) is 6.10 Å². The van der Waals surface area contributed by atoms with Gasteiger partial charge in [0.05, 0.1) is 18.4 Å². The molecule has 2 N–H and O–H groups in total. The number of fused-ring (bicyclic) bond motifs is 1. The molecule has 0 amide bonds. The Morgan fingerprint density at radius 3 is 2.63 bits per heavy atom.